The van der Waals surface area contributed by atoms with Crippen molar-refractivity contribution in [1.82, 2.24) is 9.80 Å². The number of nitrogens with zero attached hydrogens (tertiary/aromatic N) is 2. The minimum Gasteiger partial charge on any atom is -0.394 e. The number of anilines is 2. The van der Waals surface area contributed by atoms with Crippen molar-refractivity contribution < 1.29 is 44.7 Å². The summed E-state index contributed by atoms with van der Waals surface area (Å²) in [5.74, 6) is -1.95. The van der Waals surface area contributed by atoms with Crippen LogP contribution in [-0.2, 0) is 14.4 Å². The van der Waals surface area contributed by atoms with Crippen molar-refractivity contribution in [2.45, 2.75) is 38.3 Å². The Labute approximate surface area is 254 Å². The minimum atomic E-state index is -1.84. The highest BCUT2D eigenvalue weighted by Gasteiger charge is 2.32. The SMILES string of the molecule is CC(=O)Nc1c(I)c(NC(C)=O)c(I)c(C(=O)N(C)CC(=O)N(C)C[C@H](O)[C@H](O)[C@@H](O)[C@@H](O)CO)c1I. The van der Waals surface area contributed by atoms with E-state index in [1.807, 2.05) is 67.8 Å². The standard InChI is InChI=1S/C21H29I3N4O9/c1-8(30)25-17-14(22)13(15(23)18(16(17)24)26-9(2)31)21(37)28(4)6-12(34)27(3)5-10(32)19(35)20(36)11(33)7-29/h10-11,19-20,29,32-33,35-36H,5-7H2,1-4H3,(H,25,30)(H,26,31)/t10-,11-,19-,20-/m0/s1. The number of aliphatic hydroxyl groups excluding tert-OH is 5. The number of amides is 4. The molecule has 4 amide bonds. The van der Waals surface area contributed by atoms with E-state index >= 15 is 0 Å². The summed E-state index contributed by atoms with van der Waals surface area (Å²) in [4.78, 5) is 51.8. The molecule has 1 aromatic carbocycles. The van der Waals surface area contributed by atoms with Crippen LogP contribution in [0.3, 0.4) is 0 Å². The van der Waals surface area contributed by atoms with Crippen molar-refractivity contribution in [2.24, 2.45) is 0 Å². The Kier molecular flexibility index (Phi) is 13.9. The van der Waals surface area contributed by atoms with Crippen molar-refractivity contribution in [3.63, 3.8) is 0 Å². The fourth-order valence-electron chi connectivity index (χ4n) is 3.06. The normalized spacial score (nSPS) is 14.3. The Morgan fingerprint density at radius 3 is 1.62 bits per heavy atom. The second-order valence-electron chi connectivity index (χ2n) is 8.16. The van der Waals surface area contributed by atoms with Crippen LogP contribution in [0.5, 0.6) is 0 Å². The maximum Gasteiger partial charge on any atom is 0.256 e. The molecule has 0 aromatic heterocycles. The molecule has 0 radical (unpaired) electrons. The van der Waals surface area contributed by atoms with Gasteiger partial charge >= 0.3 is 0 Å². The van der Waals surface area contributed by atoms with E-state index in [1.54, 1.807) is 0 Å². The highest BCUT2D eigenvalue weighted by molar-refractivity contribution is 14.1. The van der Waals surface area contributed by atoms with Crippen molar-refractivity contribution in [2.75, 3.05) is 44.4 Å². The second-order valence-corrected chi connectivity index (χ2v) is 11.4. The average Bonchev–Trinajstić information content (AvgIpc) is 2.82. The molecule has 0 saturated carbocycles. The van der Waals surface area contributed by atoms with Gasteiger partial charge in [-0.1, -0.05) is 0 Å². The molecule has 0 aliphatic rings. The molecule has 4 atom stereocenters. The van der Waals surface area contributed by atoms with Gasteiger partial charge in [0.1, 0.15) is 24.4 Å². The fraction of sp³-hybridized carbons (Fsp3) is 0.524. The van der Waals surface area contributed by atoms with E-state index in [2.05, 4.69) is 10.6 Å². The molecule has 0 aliphatic carbocycles. The zero-order valence-corrected chi connectivity index (χ0v) is 26.8. The summed E-state index contributed by atoms with van der Waals surface area (Å²) in [6.07, 6.45) is -7.01. The summed E-state index contributed by atoms with van der Waals surface area (Å²) in [6.45, 7) is 0.909. The first-order valence-corrected chi connectivity index (χ1v) is 13.9. The summed E-state index contributed by atoms with van der Waals surface area (Å²) >= 11 is 5.77. The number of hydrogen-bond acceptors (Lipinski definition) is 9. The molecule has 0 unspecified atom stereocenters. The Morgan fingerprint density at radius 1 is 0.784 bits per heavy atom. The van der Waals surface area contributed by atoms with Crippen LogP contribution in [0.2, 0.25) is 0 Å². The summed E-state index contributed by atoms with van der Waals surface area (Å²) in [5, 5.41) is 53.5. The molecule has 7 N–H and O–H groups in total. The van der Waals surface area contributed by atoms with E-state index in [9.17, 15) is 39.6 Å². The first-order valence-electron chi connectivity index (χ1n) is 10.6. The quantitative estimate of drug-likeness (QED) is 0.142. The predicted octanol–water partition coefficient (Wildman–Crippen LogP) is -0.616. The molecule has 0 bridgehead atoms. The summed E-state index contributed by atoms with van der Waals surface area (Å²) in [5.41, 5.74) is 0.821. The summed E-state index contributed by atoms with van der Waals surface area (Å²) in [6, 6.07) is 0. The second kappa shape index (κ2) is 15.0. The van der Waals surface area contributed by atoms with Crippen LogP contribution in [0.4, 0.5) is 11.4 Å². The lowest BCUT2D eigenvalue weighted by Gasteiger charge is -2.29. The van der Waals surface area contributed by atoms with Gasteiger partial charge in [0.25, 0.3) is 5.91 Å². The molecule has 13 nitrogen and oxygen atoms in total. The van der Waals surface area contributed by atoms with Crippen molar-refractivity contribution in [3.8, 4) is 0 Å². The summed E-state index contributed by atoms with van der Waals surface area (Å²) < 4.78 is 1.33. The van der Waals surface area contributed by atoms with E-state index in [0.717, 1.165) is 9.80 Å². The van der Waals surface area contributed by atoms with Gasteiger partial charge in [0.15, 0.2) is 0 Å². The molecule has 1 aromatic rings. The zero-order chi connectivity index (χ0) is 28.8. The number of hydrogen-bond donors (Lipinski definition) is 7. The average molecular weight is 862 g/mol. The molecule has 0 aliphatic heterocycles. The predicted molar refractivity (Wildman–Crippen MR) is 159 cm³/mol. The molecule has 0 spiro atoms. The lowest BCUT2D eigenvalue weighted by molar-refractivity contribution is -0.138. The molecule has 0 fully saturated rings. The number of nitrogens with one attached hydrogen (secondary N) is 2. The van der Waals surface area contributed by atoms with Gasteiger partial charge < -0.3 is 46.0 Å². The van der Waals surface area contributed by atoms with Crippen LogP contribution >= 0.6 is 67.8 Å². The van der Waals surface area contributed by atoms with Crippen molar-refractivity contribution in [1.29, 1.82) is 0 Å². The fourth-order valence-corrected chi connectivity index (χ4v) is 7.23. The van der Waals surface area contributed by atoms with Gasteiger partial charge in [-0.3, -0.25) is 19.2 Å². The van der Waals surface area contributed by atoms with E-state index in [1.165, 1.54) is 27.9 Å². The van der Waals surface area contributed by atoms with Crippen LogP contribution < -0.4 is 10.6 Å². The van der Waals surface area contributed by atoms with Crippen LogP contribution in [0.25, 0.3) is 0 Å². The largest absolute Gasteiger partial charge is 0.394 e. The third-order valence-corrected chi connectivity index (χ3v) is 8.30. The topological polar surface area (TPSA) is 200 Å². The highest BCUT2D eigenvalue weighted by atomic mass is 127. The minimum absolute atomic E-state index is 0.156. The van der Waals surface area contributed by atoms with E-state index in [-0.39, 0.29) is 17.4 Å². The monoisotopic (exact) mass is 862 g/mol. The van der Waals surface area contributed by atoms with Gasteiger partial charge in [0, 0.05) is 34.5 Å². The number of likely N-dealkylation sites (N-methyl/N-ethyl adjacent to an activating group) is 2. The Hall–Kier alpha value is -0.910. The Balaban J connectivity index is 3.17. The molecule has 208 valence electrons. The molecule has 37 heavy (non-hydrogen) atoms. The number of benzene rings is 1. The molecular weight excluding hydrogens is 833 g/mol. The molecule has 0 heterocycles. The van der Waals surface area contributed by atoms with E-state index in [4.69, 9.17) is 5.11 Å². The van der Waals surface area contributed by atoms with E-state index in [0.29, 0.717) is 22.1 Å². The smallest absolute Gasteiger partial charge is 0.256 e. The highest BCUT2D eigenvalue weighted by Crippen LogP contribution is 2.39. The molecular formula is C21H29I3N4O9. The van der Waals surface area contributed by atoms with Crippen molar-refractivity contribution >= 4 is 103 Å². The molecule has 1 rings (SSSR count). The number of rotatable bonds is 11. The van der Waals surface area contributed by atoms with Gasteiger partial charge in [-0.05, 0) is 67.8 Å². The number of carbonyl (C=O) groups excluding carboxylic acids is 4. The van der Waals surface area contributed by atoms with Gasteiger partial charge in [0.05, 0.1) is 40.8 Å². The van der Waals surface area contributed by atoms with Gasteiger partial charge in [-0.25, -0.2) is 0 Å². The zero-order valence-electron chi connectivity index (χ0n) is 20.3. The van der Waals surface area contributed by atoms with Crippen LogP contribution in [-0.4, -0.2) is 117 Å². The van der Waals surface area contributed by atoms with Crippen LogP contribution in [0.15, 0.2) is 0 Å². The number of carbonyl (C=O) groups is 4. The van der Waals surface area contributed by atoms with Crippen LogP contribution in [0, 0.1) is 10.7 Å². The molecule has 0 saturated heterocycles. The summed E-state index contributed by atoms with van der Waals surface area (Å²) in [7, 11) is 2.69. The maximum absolute atomic E-state index is 13.4. The third-order valence-electron chi connectivity index (χ3n) is 5.06. The van der Waals surface area contributed by atoms with Gasteiger partial charge in [-0.2, -0.15) is 0 Å². The lowest BCUT2D eigenvalue weighted by Crippen LogP contribution is -2.51. The first-order chi connectivity index (χ1) is 17.0. The third kappa shape index (κ3) is 9.07. The number of aliphatic hydroxyl groups is 5. The lowest BCUT2D eigenvalue weighted by atomic mass is 10.0. The number of halogens is 3. The van der Waals surface area contributed by atoms with Crippen molar-refractivity contribution in [3.05, 3.63) is 16.3 Å². The first kappa shape index (κ1) is 34.1. The van der Waals surface area contributed by atoms with E-state index < -0.39 is 55.9 Å². The van der Waals surface area contributed by atoms with Gasteiger partial charge in [-0.15, -0.1) is 0 Å². The Bertz CT molecular complexity index is 1000. The Morgan fingerprint density at radius 2 is 1.22 bits per heavy atom. The van der Waals surface area contributed by atoms with Crippen LogP contribution in [0.1, 0.15) is 24.2 Å². The maximum atomic E-state index is 13.4. The molecule has 16 heteroatoms. The van der Waals surface area contributed by atoms with Gasteiger partial charge in [0.2, 0.25) is 17.7 Å².